The molecule has 5 nitrogen and oxygen atoms in total. The molecule has 0 aromatic carbocycles. The van der Waals surface area contributed by atoms with E-state index in [0.29, 0.717) is 6.54 Å². The standard InChI is InChI=1S/C11H23N3O2.ClH/c1-8(2)11(4,7-12)13-10(16)6-14(5)9(3)15;/h8H,6-7,12H2,1-5H3,(H,13,16);1H. The highest BCUT2D eigenvalue weighted by Gasteiger charge is 2.28. The summed E-state index contributed by atoms with van der Waals surface area (Å²) in [6.45, 7) is 7.78. The van der Waals surface area contributed by atoms with Gasteiger partial charge >= 0.3 is 0 Å². The fourth-order valence-corrected chi connectivity index (χ4v) is 1.12. The maximum atomic E-state index is 11.7. The molecule has 0 aromatic rings. The topological polar surface area (TPSA) is 75.4 Å². The number of likely N-dealkylation sites (N-methyl/N-ethyl adjacent to an activating group) is 1. The van der Waals surface area contributed by atoms with Gasteiger partial charge in [-0.05, 0) is 12.8 Å². The number of nitrogens with zero attached hydrogens (tertiary/aromatic N) is 1. The van der Waals surface area contributed by atoms with Crippen LogP contribution in [0.5, 0.6) is 0 Å². The Bertz CT molecular complexity index is 271. The van der Waals surface area contributed by atoms with Gasteiger partial charge in [0.05, 0.1) is 12.1 Å². The van der Waals surface area contributed by atoms with Gasteiger partial charge in [-0.3, -0.25) is 9.59 Å². The summed E-state index contributed by atoms with van der Waals surface area (Å²) in [6, 6.07) is 0. The number of nitrogens with one attached hydrogen (secondary N) is 1. The number of hydrogen-bond acceptors (Lipinski definition) is 3. The molecular formula is C11H24ClN3O2. The fraction of sp³-hybridized carbons (Fsp3) is 0.818. The van der Waals surface area contributed by atoms with Crippen LogP contribution in [0.4, 0.5) is 0 Å². The molecule has 0 aliphatic carbocycles. The first kappa shape index (κ1) is 18.6. The van der Waals surface area contributed by atoms with Crippen LogP contribution in [0.2, 0.25) is 0 Å². The van der Waals surface area contributed by atoms with Crippen LogP contribution in [-0.2, 0) is 9.59 Å². The summed E-state index contributed by atoms with van der Waals surface area (Å²) < 4.78 is 0. The maximum Gasteiger partial charge on any atom is 0.240 e. The molecule has 0 bridgehead atoms. The zero-order valence-corrected chi connectivity index (χ0v) is 12.1. The summed E-state index contributed by atoms with van der Waals surface area (Å²) in [6.07, 6.45) is 0. The van der Waals surface area contributed by atoms with Crippen LogP contribution in [0, 0.1) is 5.92 Å². The minimum Gasteiger partial charge on any atom is -0.348 e. The van der Waals surface area contributed by atoms with Crippen LogP contribution >= 0.6 is 12.4 Å². The number of amides is 2. The normalized spacial score (nSPS) is 13.6. The molecule has 0 aliphatic rings. The molecule has 6 heteroatoms. The smallest absolute Gasteiger partial charge is 0.240 e. The number of hydrogen-bond donors (Lipinski definition) is 2. The van der Waals surface area contributed by atoms with E-state index in [1.807, 2.05) is 20.8 Å². The van der Waals surface area contributed by atoms with E-state index in [1.54, 1.807) is 7.05 Å². The van der Waals surface area contributed by atoms with Crippen molar-refractivity contribution >= 4 is 24.2 Å². The second-order valence-electron chi connectivity index (χ2n) is 4.70. The average Bonchev–Trinajstić information content (AvgIpc) is 2.16. The molecule has 0 fully saturated rings. The minimum atomic E-state index is -0.422. The third kappa shape index (κ3) is 5.89. The van der Waals surface area contributed by atoms with E-state index < -0.39 is 5.54 Å². The first-order valence-corrected chi connectivity index (χ1v) is 5.45. The third-order valence-corrected chi connectivity index (χ3v) is 3.04. The Morgan fingerprint density at radius 2 is 1.88 bits per heavy atom. The molecule has 1 atom stereocenters. The number of carbonyl (C=O) groups excluding carboxylic acids is 2. The maximum absolute atomic E-state index is 11.7. The summed E-state index contributed by atoms with van der Waals surface area (Å²) in [4.78, 5) is 24.0. The highest BCUT2D eigenvalue weighted by atomic mass is 35.5. The summed E-state index contributed by atoms with van der Waals surface area (Å²) in [5.74, 6) is -0.0717. The van der Waals surface area contributed by atoms with E-state index in [0.717, 1.165) is 0 Å². The Morgan fingerprint density at radius 3 is 2.18 bits per heavy atom. The van der Waals surface area contributed by atoms with Crippen molar-refractivity contribution in [3.8, 4) is 0 Å². The van der Waals surface area contributed by atoms with Crippen LogP contribution in [0.1, 0.15) is 27.7 Å². The summed E-state index contributed by atoms with van der Waals surface area (Å²) in [5.41, 5.74) is 5.23. The van der Waals surface area contributed by atoms with Gasteiger partial charge in [-0.1, -0.05) is 13.8 Å². The van der Waals surface area contributed by atoms with Gasteiger partial charge in [0.25, 0.3) is 0 Å². The first-order valence-electron chi connectivity index (χ1n) is 5.45. The fourth-order valence-electron chi connectivity index (χ4n) is 1.12. The van der Waals surface area contributed by atoms with Gasteiger partial charge in [-0.15, -0.1) is 12.4 Å². The first-order chi connectivity index (χ1) is 7.23. The molecule has 0 radical (unpaired) electrons. The molecule has 0 heterocycles. The molecule has 0 spiro atoms. The predicted molar refractivity (Wildman–Crippen MR) is 71.0 cm³/mol. The van der Waals surface area contributed by atoms with Gasteiger partial charge in [-0.2, -0.15) is 0 Å². The van der Waals surface area contributed by atoms with Crippen molar-refractivity contribution in [3.63, 3.8) is 0 Å². The lowest BCUT2D eigenvalue weighted by Crippen LogP contribution is -2.56. The van der Waals surface area contributed by atoms with Crippen LogP contribution in [0.3, 0.4) is 0 Å². The molecule has 1 unspecified atom stereocenters. The highest BCUT2D eigenvalue weighted by molar-refractivity contribution is 5.85. The van der Waals surface area contributed by atoms with Gasteiger partial charge in [-0.25, -0.2) is 0 Å². The monoisotopic (exact) mass is 265 g/mol. The van der Waals surface area contributed by atoms with E-state index in [-0.39, 0.29) is 36.7 Å². The molecule has 0 saturated carbocycles. The zero-order valence-electron chi connectivity index (χ0n) is 11.2. The Balaban J connectivity index is 0. The van der Waals surface area contributed by atoms with E-state index in [2.05, 4.69) is 5.32 Å². The molecular weight excluding hydrogens is 242 g/mol. The van der Waals surface area contributed by atoms with Crippen molar-refractivity contribution in [3.05, 3.63) is 0 Å². The number of halogens is 1. The molecule has 3 N–H and O–H groups in total. The largest absolute Gasteiger partial charge is 0.348 e. The molecule has 17 heavy (non-hydrogen) atoms. The molecule has 102 valence electrons. The summed E-state index contributed by atoms with van der Waals surface area (Å²) >= 11 is 0. The Morgan fingerprint density at radius 1 is 1.41 bits per heavy atom. The molecule has 0 rings (SSSR count). The number of rotatable bonds is 5. The zero-order chi connectivity index (χ0) is 12.9. The molecule has 0 aromatic heterocycles. The second-order valence-corrected chi connectivity index (χ2v) is 4.70. The summed E-state index contributed by atoms with van der Waals surface area (Å²) in [7, 11) is 1.59. The van der Waals surface area contributed by atoms with Crippen LogP contribution in [0.25, 0.3) is 0 Å². The summed E-state index contributed by atoms with van der Waals surface area (Å²) in [5, 5.41) is 2.87. The Labute approximate surface area is 110 Å². The number of nitrogens with two attached hydrogens (primary N) is 1. The van der Waals surface area contributed by atoms with E-state index in [9.17, 15) is 9.59 Å². The molecule has 0 aliphatic heterocycles. The molecule has 2 amide bonds. The van der Waals surface area contributed by atoms with Crippen molar-refractivity contribution in [2.45, 2.75) is 33.2 Å². The lowest BCUT2D eigenvalue weighted by molar-refractivity contribution is -0.133. The van der Waals surface area contributed by atoms with Crippen molar-refractivity contribution in [2.24, 2.45) is 11.7 Å². The minimum absolute atomic E-state index is 0. The van der Waals surface area contributed by atoms with E-state index >= 15 is 0 Å². The third-order valence-electron chi connectivity index (χ3n) is 3.04. The van der Waals surface area contributed by atoms with Crippen molar-refractivity contribution < 1.29 is 9.59 Å². The van der Waals surface area contributed by atoms with Gasteiger partial charge in [0.1, 0.15) is 0 Å². The van der Waals surface area contributed by atoms with Gasteiger partial charge in [0.2, 0.25) is 11.8 Å². The quantitative estimate of drug-likeness (QED) is 0.755. The SMILES string of the molecule is CC(=O)N(C)CC(=O)NC(C)(CN)C(C)C.Cl. The van der Waals surface area contributed by atoms with Crippen LogP contribution in [0.15, 0.2) is 0 Å². The second kappa shape index (κ2) is 7.50. The van der Waals surface area contributed by atoms with Crippen molar-refractivity contribution in [1.29, 1.82) is 0 Å². The van der Waals surface area contributed by atoms with E-state index in [4.69, 9.17) is 5.73 Å². The Hall–Kier alpha value is -0.810. The number of carbonyl (C=O) groups is 2. The Kier molecular flexibility index (Phi) is 8.19. The predicted octanol–water partition coefficient (Wildman–Crippen LogP) is 0.376. The lowest BCUT2D eigenvalue weighted by Gasteiger charge is -2.34. The van der Waals surface area contributed by atoms with Crippen molar-refractivity contribution in [2.75, 3.05) is 20.1 Å². The average molecular weight is 266 g/mol. The van der Waals surface area contributed by atoms with Gasteiger partial charge in [0.15, 0.2) is 0 Å². The van der Waals surface area contributed by atoms with E-state index in [1.165, 1.54) is 11.8 Å². The molecule has 0 saturated heterocycles. The van der Waals surface area contributed by atoms with Gasteiger partial charge in [0, 0.05) is 20.5 Å². The van der Waals surface area contributed by atoms with Crippen LogP contribution < -0.4 is 11.1 Å². The van der Waals surface area contributed by atoms with Gasteiger partial charge < -0.3 is 16.0 Å². The highest BCUT2D eigenvalue weighted by Crippen LogP contribution is 2.14. The van der Waals surface area contributed by atoms with Crippen molar-refractivity contribution in [1.82, 2.24) is 10.2 Å². The lowest BCUT2D eigenvalue weighted by atomic mass is 9.88. The van der Waals surface area contributed by atoms with Crippen LogP contribution in [-0.4, -0.2) is 42.4 Å².